The number of hydrogen-bond acceptors (Lipinski definition) is 2. The lowest BCUT2D eigenvalue weighted by atomic mass is 10.1. The van der Waals surface area contributed by atoms with Crippen LogP contribution in [0, 0.1) is 5.82 Å². The van der Waals surface area contributed by atoms with E-state index in [2.05, 4.69) is 41.3 Å². The summed E-state index contributed by atoms with van der Waals surface area (Å²) in [4.78, 5) is 2.46. The first-order chi connectivity index (χ1) is 12.2. The molecule has 136 valence electrons. The minimum absolute atomic E-state index is 0. The predicted octanol–water partition coefficient (Wildman–Crippen LogP) is 2.03. The Morgan fingerprint density at radius 1 is 1.00 bits per heavy atom. The van der Waals surface area contributed by atoms with Gasteiger partial charge in [0.1, 0.15) is 17.6 Å². The molecule has 4 rings (SSSR count). The fourth-order valence-corrected chi connectivity index (χ4v) is 4.47. The van der Waals surface area contributed by atoms with Crippen LogP contribution in [0.5, 0.6) is 0 Å². The maximum atomic E-state index is 13.9. The van der Waals surface area contributed by atoms with E-state index in [4.69, 9.17) is 0 Å². The van der Waals surface area contributed by atoms with Crippen LogP contribution in [0.25, 0.3) is 22.4 Å². The van der Waals surface area contributed by atoms with Crippen molar-refractivity contribution < 1.29 is 32.9 Å². The van der Waals surface area contributed by atoms with Gasteiger partial charge in [0.25, 0.3) is 5.01 Å². The Balaban J connectivity index is 0.00000196. The lowest BCUT2D eigenvalue weighted by Gasteiger charge is -2.28. The van der Waals surface area contributed by atoms with Crippen molar-refractivity contribution >= 4 is 39.4 Å². The van der Waals surface area contributed by atoms with Gasteiger partial charge >= 0.3 is 0 Å². The van der Waals surface area contributed by atoms with Gasteiger partial charge in [-0.1, -0.05) is 29.5 Å². The summed E-state index contributed by atoms with van der Waals surface area (Å²) in [7, 11) is 1.98. The summed E-state index contributed by atoms with van der Waals surface area (Å²) in [5.41, 5.74) is 3.41. The van der Waals surface area contributed by atoms with Crippen LogP contribution in [0.4, 0.5) is 10.1 Å². The quantitative estimate of drug-likeness (QED) is 0.411. The molecule has 2 heterocycles. The molecule has 1 aromatic heterocycles. The Morgan fingerprint density at radius 2 is 1.73 bits per heavy atom. The number of thiazole rings is 1. The molecule has 0 amide bonds. The second-order valence-corrected chi connectivity index (χ2v) is 7.59. The van der Waals surface area contributed by atoms with E-state index in [1.807, 2.05) is 17.7 Å². The molecule has 2 aromatic carbocycles. The largest absolute Gasteiger partial charge is 1.00 e. The zero-order valence-corrected chi connectivity index (χ0v) is 17.8. The SMILES string of the molecule is C[n+]1c(C=Cc2ccc(N3CCCCC3)cc2)sc2c(F)cccc21.[I-]. The van der Waals surface area contributed by atoms with Crippen molar-refractivity contribution in [1.29, 1.82) is 0 Å². The first-order valence-electron chi connectivity index (χ1n) is 8.82. The third-order valence-electron chi connectivity index (χ3n) is 4.88. The zero-order chi connectivity index (χ0) is 17.2. The van der Waals surface area contributed by atoms with Crippen molar-refractivity contribution in [2.75, 3.05) is 18.0 Å². The summed E-state index contributed by atoms with van der Waals surface area (Å²) < 4.78 is 16.7. The van der Waals surface area contributed by atoms with Gasteiger partial charge in [-0.05, 0) is 49.1 Å². The Labute approximate surface area is 175 Å². The van der Waals surface area contributed by atoms with Gasteiger partial charge in [-0.25, -0.2) is 4.39 Å². The van der Waals surface area contributed by atoms with E-state index < -0.39 is 0 Å². The molecule has 0 bridgehead atoms. The third-order valence-corrected chi connectivity index (χ3v) is 6.10. The molecule has 1 saturated heterocycles. The number of halogens is 2. The van der Waals surface area contributed by atoms with Crippen LogP contribution in [0.3, 0.4) is 0 Å². The first kappa shape index (κ1) is 19.3. The molecule has 0 spiro atoms. The van der Waals surface area contributed by atoms with Gasteiger partial charge < -0.3 is 28.9 Å². The van der Waals surface area contributed by atoms with E-state index in [1.165, 1.54) is 61.0 Å². The minimum Gasteiger partial charge on any atom is -1.00 e. The highest BCUT2D eigenvalue weighted by atomic mass is 127. The fraction of sp³-hybridized carbons (Fsp3) is 0.286. The van der Waals surface area contributed by atoms with Crippen LogP contribution < -0.4 is 33.4 Å². The predicted molar refractivity (Wildman–Crippen MR) is 104 cm³/mol. The van der Waals surface area contributed by atoms with Crippen LogP contribution in [-0.2, 0) is 7.05 Å². The molecule has 3 aromatic rings. The van der Waals surface area contributed by atoms with Gasteiger partial charge in [0.2, 0.25) is 5.52 Å². The summed E-state index contributed by atoms with van der Waals surface area (Å²) in [6.07, 6.45) is 8.11. The van der Waals surface area contributed by atoms with Crippen molar-refractivity contribution in [3.05, 3.63) is 58.9 Å². The average Bonchev–Trinajstić information content (AvgIpc) is 2.99. The summed E-state index contributed by atoms with van der Waals surface area (Å²) in [5, 5.41) is 1.04. The maximum absolute atomic E-state index is 13.9. The van der Waals surface area contributed by atoms with Crippen LogP contribution in [0.1, 0.15) is 29.8 Å². The number of aryl methyl sites for hydroxylation is 1. The highest BCUT2D eigenvalue weighted by Crippen LogP contribution is 2.25. The molecule has 26 heavy (non-hydrogen) atoms. The number of nitrogens with zero attached hydrogens (tertiary/aromatic N) is 2. The topological polar surface area (TPSA) is 7.12 Å². The lowest BCUT2D eigenvalue weighted by Crippen LogP contribution is -3.00. The van der Waals surface area contributed by atoms with Crippen molar-refractivity contribution in [2.24, 2.45) is 7.05 Å². The molecule has 2 nitrogen and oxygen atoms in total. The molecule has 5 heteroatoms. The van der Waals surface area contributed by atoms with Gasteiger partial charge in [0, 0.05) is 30.9 Å². The molecule has 0 N–H and O–H groups in total. The Bertz CT molecular complexity index is 912. The van der Waals surface area contributed by atoms with Gasteiger partial charge in [0.05, 0.1) is 0 Å². The van der Waals surface area contributed by atoms with E-state index >= 15 is 0 Å². The summed E-state index contributed by atoms with van der Waals surface area (Å²) in [6, 6.07) is 14.0. The van der Waals surface area contributed by atoms with Crippen molar-refractivity contribution in [1.82, 2.24) is 0 Å². The number of fused-ring (bicyclic) bond motifs is 1. The van der Waals surface area contributed by atoms with Crippen LogP contribution in [-0.4, -0.2) is 13.1 Å². The van der Waals surface area contributed by atoms with Crippen LogP contribution >= 0.6 is 11.3 Å². The van der Waals surface area contributed by atoms with Crippen molar-refractivity contribution in [3.63, 3.8) is 0 Å². The van der Waals surface area contributed by atoms with Crippen LogP contribution in [0.2, 0.25) is 0 Å². The second kappa shape index (κ2) is 8.48. The highest BCUT2D eigenvalue weighted by Gasteiger charge is 2.17. The number of rotatable bonds is 3. The maximum Gasteiger partial charge on any atom is 0.262 e. The molecular formula is C21H22FIN2S. The molecule has 0 atom stereocenters. The van der Waals surface area contributed by atoms with Gasteiger partial charge in [0.15, 0.2) is 0 Å². The smallest absolute Gasteiger partial charge is 0.262 e. The molecule has 0 aliphatic carbocycles. The van der Waals surface area contributed by atoms with Crippen LogP contribution in [0.15, 0.2) is 42.5 Å². The molecule has 1 aliphatic rings. The molecule has 0 saturated carbocycles. The average molecular weight is 480 g/mol. The second-order valence-electron chi connectivity index (χ2n) is 6.56. The van der Waals surface area contributed by atoms with E-state index in [0.717, 1.165) is 10.5 Å². The highest BCUT2D eigenvalue weighted by molar-refractivity contribution is 7.18. The number of aromatic nitrogens is 1. The van der Waals surface area contributed by atoms with Gasteiger partial charge in [-0.15, -0.1) is 0 Å². The Morgan fingerprint density at radius 3 is 2.42 bits per heavy atom. The standard InChI is InChI=1S/C21H22FN2S.HI/c1-23-19-7-5-6-18(22)21(19)25-20(23)13-10-16-8-11-17(12-9-16)24-14-3-2-4-15-24;/h5-13H,2-4,14-15H2,1H3;1H/q+1;/p-1. The molecule has 1 fully saturated rings. The summed E-state index contributed by atoms with van der Waals surface area (Å²) in [6.45, 7) is 2.33. The molecule has 0 unspecified atom stereocenters. The Hall–Kier alpha value is -1.47. The normalized spacial score (nSPS) is 14.8. The van der Waals surface area contributed by atoms with Crippen molar-refractivity contribution in [2.45, 2.75) is 19.3 Å². The molecular weight excluding hydrogens is 458 g/mol. The van der Waals surface area contributed by atoms with E-state index in [0.29, 0.717) is 4.70 Å². The summed E-state index contributed by atoms with van der Waals surface area (Å²) >= 11 is 1.49. The van der Waals surface area contributed by atoms with Gasteiger partial charge in [-0.2, -0.15) is 4.57 Å². The molecule has 0 radical (unpaired) electrons. The summed E-state index contributed by atoms with van der Waals surface area (Å²) in [5.74, 6) is -0.149. The van der Waals surface area contributed by atoms with E-state index in [1.54, 1.807) is 6.07 Å². The zero-order valence-electron chi connectivity index (χ0n) is 14.8. The van der Waals surface area contributed by atoms with Crippen molar-refractivity contribution in [3.8, 4) is 0 Å². The third kappa shape index (κ3) is 3.93. The first-order valence-corrected chi connectivity index (χ1v) is 9.64. The fourth-order valence-electron chi connectivity index (χ4n) is 3.42. The molecule has 1 aliphatic heterocycles. The number of anilines is 1. The number of benzene rings is 2. The van der Waals surface area contributed by atoms with E-state index in [9.17, 15) is 4.39 Å². The van der Waals surface area contributed by atoms with E-state index in [-0.39, 0.29) is 29.8 Å². The number of hydrogen-bond donors (Lipinski definition) is 0. The minimum atomic E-state index is -0.149. The number of piperidine rings is 1. The van der Waals surface area contributed by atoms with Gasteiger partial charge in [-0.3, -0.25) is 0 Å². The monoisotopic (exact) mass is 480 g/mol. The lowest BCUT2D eigenvalue weighted by molar-refractivity contribution is -0.642. The Kier molecular flexibility index (Phi) is 6.29.